The SMILES string of the molecule is O=C(C#Cc1ccccc1)N1CCC2(CCN(Cc3cc4c(cc3[N+](=O)[O-])OCO4)C2)CC1. The Morgan fingerprint density at radius 1 is 1.06 bits per heavy atom. The molecule has 2 fully saturated rings. The van der Waals surface area contributed by atoms with Crippen molar-refractivity contribution in [3.05, 3.63) is 63.7 Å². The third-order valence-electron chi connectivity index (χ3n) is 6.88. The second kappa shape index (κ2) is 8.75. The zero-order valence-electron chi connectivity index (χ0n) is 18.3. The van der Waals surface area contributed by atoms with Gasteiger partial charge < -0.3 is 14.4 Å². The topological polar surface area (TPSA) is 85.2 Å². The number of nitrogens with zero attached hydrogens (tertiary/aromatic N) is 3. The molecule has 2 aromatic rings. The van der Waals surface area contributed by atoms with Crippen molar-refractivity contribution < 1.29 is 19.2 Å². The number of amides is 1. The van der Waals surface area contributed by atoms with Gasteiger partial charge in [-0.25, -0.2) is 0 Å². The Labute approximate surface area is 192 Å². The van der Waals surface area contributed by atoms with Crippen molar-refractivity contribution in [2.75, 3.05) is 33.0 Å². The van der Waals surface area contributed by atoms with Crippen molar-refractivity contribution >= 4 is 11.6 Å². The van der Waals surface area contributed by atoms with E-state index in [0.29, 0.717) is 36.7 Å². The average Bonchev–Trinajstić information content (AvgIpc) is 3.44. The van der Waals surface area contributed by atoms with Gasteiger partial charge in [-0.2, -0.15) is 0 Å². The molecule has 33 heavy (non-hydrogen) atoms. The molecule has 0 N–H and O–H groups in total. The Bertz CT molecular complexity index is 1130. The third kappa shape index (κ3) is 4.50. The van der Waals surface area contributed by atoms with Crippen molar-refractivity contribution in [3.63, 3.8) is 0 Å². The fraction of sp³-hybridized carbons (Fsp3) is 0.400. The molecule has 170 valence electrons. The van der Waals surface area contributed by atoms with E-state index in [4.69, 9.17) is 9.47 Å². The number of benzene rings is 2. The highest BCUT2D eigenvalue weighted by Crippen LogP contribution is 2.43. The number of nitro benzene ring substituents is 1. The molecule has 0 aromatic heterocycles. The lowest BCUT2D eigenvalue weighted by Gasteiger charge is -2.38. The summed E-state index contributed by atoms with van der Waals surface area (Å²) in [6.45, 7) is 3.73. The summed E-state index contributed by atoms with van der Waals surface area (Å²) in [5.41, 5.74) is 1.69. The maximum Gasteiger partial charge on any atom is 0.298 e. The van der Waals surface area contributed by atoms with Crippen LogP contribution in [0.3, 0.4) is 0 Å². The number of fused-ring (bicyclic) bond motifs is 1. The molecule has 8 heteroatoms. The highest BCUT2D eigenvalue weighted by Gasteiger charge is 2.41. The summed E-state index contributed by atoms with van der Waals surface area (Å²) < 4.78 is 10.7. The number of likely N-dealkylation sites (tertiary alicyclic amines) is 2. The molecular formula is C25H25N3O5. The highest BCUT2D eigenvalue weighted by atomic mass is 16.7. The van der Waals surface area contributed by atoms with E-state index in [-0.39, 0.29) is 28.7 Å². The van der Waals surface area contributed by atoms with Gasteiger partial charge in [0.1, 0.15) is 0 Å². The van der Waals surface area contributed by atoms with Crippen molar-refractivity contribution in [2.24, 2.45) is 5.41 Å². The van der Waals surface area contributed by atoms with Gasteiger partial charge in [0.15, 0.2) is 11.5 Å². The lowest BCUT2D eigenvalue weighted by Crippen LogP contribution is -2.43. The van der Waals surface area contributed by atoms with E-state index in [0.717, 1.165) is 37.9 Å². The second-order valence-electron chi connectivity index (χ2n) is 8.96. The number of hydrogen-bond acceptors (Lipinski definition) is 6. The minimum absolute atomic E-state index is 0.0672. The monoisotopic (exact) mass is 447 g/mol. The van der Waals surface area contributed by atoms with Crippen LogP contribution in [0.15, 0.2) is 42.5 Å². The predicted octanol–water partition coefficient (Wildman–Crippen LogP) is 3.19. The number of carbonyl (C=O) groups is 1. The van der Waals surface area contributed by atoms with E-state index in [1.807, 2.05) is 35.2 Å². The maximum absolute atomic E-state index is 12.5. The van der Waals surface area contributed by atoms with E-state index in [9.17, 15) is 14.9 Å². The van der Waals surface area contributed by atoms with Crippen molar-refractivity contribution in [1.29, 1.82) is 0 Å². The van der Waals surface area contributed by atoms with Crippen molar-refractivity contribution in [1.82, 2.24) is 9.80 Å². The van der Waals surface area contributed by atoms with Crippen LogP contribution in [0.2, 0.25) is 0 Å². The van der Waals surface area contributed by atoms with E-state index in [2.05, 4.69) is 16.7 Å². The zero-order chi connectivity index (χ0) is 22.8. The summed E-state index contributed by atoms with van der Waals surface area (Å²) in [6.07, 6.45) is 2.88. The average molecular weight is 447 g/mol. The molecule has 0 bridgehead atoms. The van der Waals surface area contributed by atoms with E-state index < -0.39 is 0 Å². The van der Waals surface area contributed by atoms with Gasteiger partial charge in [0.25, 0.3) is 11.6 Å². The number of rotatable bonds is 3. The van der Waals surface area contributed by atoms with Crippen LogP contribution < -0.4 is 9.47 Å². The Kier molecular flexibility index (Phi) is 5.65. The molecule has 1 spiro atoms. The number of hydrogen-bond donors (Lipinski definition) is 0. The Morgan fingerprint density at radius 3 is 2.48 bits per heavy atom. The fourth-order valence-corrected chi connectivity index (χ4v) is 4.99. The van der Waals surface area contributed by atoms with Gasteiger partial charge in [0.2, 0.25) is 6.79 Å². The first-order valence-electron chi connectivity index (χ1n) is 11.2. The van der Waals surface area contributed by atoms with E-state index in [1.54, 1.807) is 6.07 Å². The largest absolute Gasteiger partial charge is 0.454 e. The van der Waals surface area contributed by atoms with Gasteiger partial charge >= 0.3 is 0 Å². The van der Waals surface area contributed by atoms with Gasteiger partial charge in [-0.1, -0.05) is 24.1 Å². The molecule has 3 aliphatic rings. The first-order chi connectivity index (χ1) is 16.0. The lowest BCUT2D eigenvalue weighted by molar-refractivity contribution is -0.385. The molecule has 0 unspecified atom stereocenters. The summed E-state index contributed by atoms with van der Waals surface area (Å²) in [7, 11) is 0. The van der Waals surface area contributed by atoms with Crippen molar-refractivity contribution in [2.45, 2.75) is 25.8 Å². The molecule has 0 saturated carbocycles. The van der Waals surface area contributed by atoms with Gasteiger partial charge in [-0.05, 0) is 49.4 Å². The first-order valence-corrected chi connectivity index (χ1v) is 11.2. The predicted molar refractivity (Wildman–Crippen MR) is 121 cm³/mol. The summed E-state index contributed by atoms with van der Waals surface area (Å²) >= 11 is 0. The number of nitro groups is 1. The van der Waals surface area contributed by atoms with Crippen LogP contribution in [0.5, 0.6) is 11.5 Å². The standard InChI is InChI=1S/C25H25N3O5/c29-24(7-6-19-4-2-1-3-5-19)27-12-9-25(10-13-27)8-11-26(17-25)16-20-14-22-23(33-18-32-22)15-21(20)28(30)31/h1-5,14-15H,8-13,16-18H2. The van der Waals surface area contributed by atoms with Crippen LogP contribution in [0.4, 0.5) is 5.69 Å². The molecular weight excluding hydrogens is 422 g/mol. The Morgan fingerprint density at radius 2 is 1.76 bits per heavy atom. The van der Waals surface area contributed by atoms with Gasteiger partial charge in [-0.15, -0.1) is 0 Å². The zero-order valence-corrected chi connectivity index (χ0v) is 18.3. The Hall–Kier alpha value is -3.57. The molecule has 0 atom stereocenters. The fourth-order valence-electron chi connectivity index (χ4n) is 4.99. The first kappa shape index (κ1) is 21.3. The summed E-state index contributed by atoms with van der Waals surface area (Å²) in [5.74, 6) is 6.58. The maximum atomic E-state index is 12.5. The van der Waals surface area contributed by atoms with Gasteiger partial charge in [0.05, 0.1) is 11.0 Å². The highest BCUT2D eigenvalue weighted by molar-refractivity contribution is 5.94. The molecule has 1 amide bonds. The molecule has 3 heterocycles. The molecule has 2 saturated heterocycles. The second-order valence-corrected chi connectivity index (χ2v) is 8.96. The van der Waals surface area contributed by atoms with E-state index >= 15 is 0 Å². The minimum Gasteiger partial charge on any atom is -0.454 e. The molecule has 0 aliphatic carbocycles. The summed E-state index contributed by atoms with van der Waals surface area (Å²) in [4.78, 5) is 27.9. The smallest absolute Gasteiger partial charge is 0.298 e. The molecule has 5 rings (SSSR count). The Balaban J connectivity index is 1.20. The van der Waals surface area contributed by atoms with Crippen LogP contribution in [0, 0.1) is 27.4 Å². The van der Waals surface area contributed by atoms with Crippen LogP contribution in [-0.4, -0.2) is 53.6 Å². The number of carbonyl (C=O) groups excluding carboxylic acids is 1. The lowest BCUT2D eigenvalue weighted by atomic mass is 9.78. The van der Waals surface area contributed by atoms with Crippen LogP contribution >= 0.6 is 0 Å². The molecule has 0 radical (unpaired) electrons. The number of ether oxygens (including phenoxy) is 2. The minimum atomic E-state index is -0.357. The number of piperidine rings is 1. The van der Waals surface area contributed by atoms with Crippen molar-refractivity contribution in [3.8, 4) is 23.3 Å². The molecule has 2 aromatic carbocycles. The van der Waals surface area contributed by atoms with Crippen LogP contribution in [-0.2, 0) is 11.3 Å². The van der Waals surface area contributed by atoms with Gasteiger partial charge in [0, 0.05) is 43.2 Å². The molecule has 8 nitrogen and oxygen atoms in total. The molecule has 3 aliphatic heterocycles. The van der Waals surface area contributed by atoms with Crippen LogP contribution in [0.1, 0.15) is 30.4 Å². The summed E-state index contributed by atoms with van der Waals surface area (Å²) in [6, 6.07) is 12.7. The van der Waals surface area contributed by atoms with Gasteiger partial charge in [-0.3, -0.25) is 19.8 Å². The quantitative estimate of drug-likeness (QED) is 0.408. The summed E-state index contributed by atoms with van der Waals surface area (Å²) in [5, 5.41) is 11.6. The third-order valence-corrected chi connectivity index (χ3v) is 6.88. The van der Waals surface area contributed by atoms with Crippen LogP contribution in [0.25, 0.3) is 0 Å². The van der Waals surface area contributed by atoms with E-state index in [1.165, 1.54) is 6.07 Å². The normalized spacial score (nSPS) is 18.7.